The standard InChI is InChI=1S/C26H25N3O4/c1-17-7-5-8-20(15-17)25-28-27-24(33-25)18-11-13-19(14-12-18)26(30)29(2)16-21-9-6-10-22(31-3)23(21)32-4/h5-15H,16H2,1-4H3. The summed E-state index contributed by atoms with van der Waals surface area (Å²) in [5, 5.41) is 8.31. The molecule has 0 N–H and O–H groups in total. The number of methoxy groups -OCH3 is 2. The van der Waals surface area contributed by atoms with Gasteiger partial charge in [0.05, 0.1) is 14.2 Å². The molecule has 168 valence electrons. The molecular formula is C26H25N3O4. The maximum atomic E-state index is 13.0. The van der Waals surface area contributed by atoms with Crippen molar-refractivity contribution < 1.29 is 18.7 Å². The molecule has 4 aromatic rings. The highest BCUT2D eigenvalue weighted by Crippen LogP contribution is 2.31. The highest BCUT2D eigenvalue weighted by molar-refractivity contribution is 5.94. The summed E-state index contributed by atoms with van der Waals surface area (Å²) in [6.45, 7) is 2.39. The first-order chi connectivity index (χ1) is 16.0. The normalized spacial score (nSPS) is 10.7. The second kappa shape index (κ2) is 9.56. The van der Waals surface area contributed by atoms with Gasteiger partial charge in [-0.15, -0.1) is 10.2 Å². The Bertz CT molecular complexity index is 1260. The van der Waals surface area contributed by atoms with E-state index < -0.39 is 0 Å². The van der Waals surface area contributed by atoms with Crippen LogP contribution in [0.3, 0.4) is 0 Å². The highest BCUT2D eigenvalue weighted by atomic mass is 16.5. The second-order valence-electron chi connectivity index (χ2n) is 7.67. The molecule has 0 aliphatic heterocycles. The number of para-hydroxylation sites is 1. The molecule has 0 bridgehead atoms. The van der Waals surface area contributed by atoms with Crippen molar-refractivity contribution in [2.75, 3.05) is 21.3 Å². The van der Waals surface area contributed by atoms with Gasteiger partial charge in [0.15, 0.2) is 11.5 Å². The molecule has 0 saturated carbocycles. The molecule has 0 spiro atoms. The number of hydrogen-bond acceptors (Lipinski definition) is 6. The first-order valence-electron chi connectivity index (χ1n) is 10.5. The molecule has 0 fully saturated rings. The Morgan fingerprint density at radius 2 is 1.61 bits per heavy atom. The first kappa shape index (κ1) is 22.1. The predicted molar refractivity (Wildman–Crippen MR) is 125 cm³/mol. The summed E-state index contributed by atoms with van der Waals surface area (Å²) in [4.78, 5) is 14.6. The van der Waals surface area contributed by atoms with Gasteiger partial charge in [0.1, 0.15) is 0 Å². The fourth-order valence-corrected chi connectivity index (χ4v) is 3.62. The van der Waals surface area contributed by atoms with E-state index >= 15 is 0 Å². The van der Waals surface area contributed by atoms with Gasteiger partial charge in [-0.2, -0.15) is 0 Å². The fourth-order valence-electron chi connectivity index (χ4n) is 3.62. The van der Waals surface area contributed by atoms with Gasteiger partial charge < -0.3 is 18.8 Å². The lowest BCUT2D eigenvalue weighted by Crippen LogP contribution is -2.26. The largest absolute Gasteiger partial charge is 0.493 e. The lowest BCUT2D eigenvalue weighted by molar-refractivity contribution is 0.0784. The summed E-state index contributed by atoms with van der Waals surface area (Å²) < 4.78 is 16.7. The summed E-state index contributed by atoms with van der Waals surface area (Å²) in [6, 6.07) is 20.6. The van der Waals surface area contributed by atoms with Gasteiger partial charge in [0.25, 0.3) is 5.91 Å². The number of aryl methyl sites for hydroxylation is 1. The Hall–Kier alpha value is -4.13. The van der Waals surface area contributed by atoms with Gasteiger partial charge in [0, 0.05) is 35.8 Å². The van der Waals surface area contributed by atoms with Crippen LogP contribution in [0, 0.1) is 6.92 Å². The lowest BCUT2D eigenvalue weighted by atomic mass is 10.1. The number of ether oxygens (including phenoxy) is 2. The molecule has 0 radical (unpaired) electrons. The number of benzene rings is 3. The van der Waals surface area contributed by atoms with Gasteiger partial charge in [-0.05, 0) is 49.4 Å². The molecule has 0 aliphatic carbocycles. The zero-order valence-corrected chi connectivity index (χ0v) is 19.0. The molecule has 4 rings (SSSR count). The lowest BCUT2D eigenvalue weighted by Gasteiger charge is -2.20. The predicted octanol–water partition coefficient (Wildman–Crippen LogP) is 5.00. The molecule has 0 saturated heterocycles. The summed E-state index contributed by atoms with van der Waals surface area (Å²) in [7, 11) is 4.93. The Balaban J connectivity index is 1.49. The van der Waals surface area contributed by atoms with E-state index in [1.54, 1.807) is 50.4 Å². The number of carbonyl (C=O) groups excluding carboxylic acids is 1. The van der Waals surface area contributed by atoms with Crippen molar-refractivity contribution in [3.63, 3.8) is 0 Å². The van der Waals surface area contributed by atoms with Crippen molar-refractivity contribution >= 4 is 5.91 Å². The van der Waals surface area contributed by atoms with E-state index in [1.807, 2.05) is 49.4 Å². The zero-order valence-electron chi connectivity index (χ0n) is 19.0. The van der Waals surface area contributed by atoms with Crippen molar-refractivity contribution in [1.82, 2.24) is 15.1 Å². The van der Waals surface area contributed by atoms with Gasteiger partial charge in [-0.3, -0.25) is 4.79 Å². The van der Waals surface area contributed by atoms with Crippen LogP contribution in [0.25, 0.3) is 22.9 Å². The van der Waals surface area contributed by atoms with Crippen molar-refractivity contribution in [3.8, 4) is 34.4 Å². The van der Waals surface area contributed by atoms with Crippen molar-refractivity contribution in [3.05, 3.63) is 83.4 Å². The van der Waals surface area contributed by atoms with Gasteiger partial charge in [-0.25, -0.2) is 0 Å². The summed E-state index contributed by atoms with van der Waals surface area (Å²) >= 11 is 0. The van der Waals surface area contributed by atoms with Gasteiger partial charge in [-0.1, -0.05) is 29.8 Å². The molecule has 1 amide bonds. The number of carbonyl (C=O) groups is 1. The van der Waals surface area contributed by atoms with Crippen LogP contribution in [-0.2, 0) is 6.54 Å². The van der Waals surface area contributed by atoms with Crippen molar-refractivity contribution in [1.29, 1.82) is 0 Å². The average molecular weight is 444 g/mol. The van der Waals surface area contributed by atoms with Crippen LogP contribution in [-0.4, -0.2) is 42.3 Å². The third-order valence-corrected chi connectivity index (χ3v) is 5.31. The van der Waals surface area contributed by atoms with Gasteiger partial charge >= 0.3 is 0 Å². The summed E-state index contributed by atoms with van der Waals surface area (Å²) in [5.74, 6) is 2.00. The van der Waals surface area contributed by atoms with E-state index in [2.05, 4.69) is 10.2 Å². The molecule has 7 nitrogen and oxygen atoms in total. The first-order valence-corrected chi connectivity index (χ1v) is 10.5. The number of hydrogen-bond donors (Lipinski definition) is 0. The minimum atomic E-state index is -0.114. The topological polar surface area (TPSA) is 77.7 Å². The van der Waals surface area contributed by atoms with E-state index in [4.69, 9.17) is 13.9 Å². The van der Waals surface area contributed by atoms with Crippen LogP contribution < -0.4 is 9.47 Å². The quantitative estimate of drug-likeness (QED) is 0.400. The minimum Gasteiger partial charge on any atom is -0.493 e. The van der Waals surface area contributed by atoms with Crippen LogP contribution in [0.5, 0.6) is 11.5 Å². The van der Waals surface area contributed by atoms with Crippen molar-refractivity contribution in [2.24, 2.45) is 0 Å². The Kier molecular flexibility index (Phi) is 6.40. The fraction of sp³-hybridized carbons (Fsp3) is 0.192. The molecule has 0 aliphatic rings. The third kappa shape index (κ3) is 4.72. The molecule has 0 atom stereocenters. The molecule has 0 unspecified atom stereocenters. The maximum absolute atomic E-state index is 13.0. The molecule has 3 aromatic carbocycles. The monoisotopic (exact) mass is 443 g/mol. The molecule has 1 heterocycles. The maximum Gasteiger partial charge on any atom is 0.253 e. The van der Waals surface area contributed by atoms with Crippen LogP contribution in [0.2, 0.25) is 0 Å². The van der Waals surface area contributed by atoms with E-state index in [1.165, 1.54) is 0 Å². The van der Waals surface area contributed by atoms with Crippen LogP contribution in [0.15, 0.2) is 71.1 Å². The van der Waals surface area contributed by atoms with Crippen LogP contribution in [0.4, 0.5) is 0 Å². The summed E-state index contributed by atoms with van der Waals surface area (Å²) in [5.41, 5.74) is 4.15. The SMILES string of the molecule is COc1cccc(CN(C)C(=O)c2ccc(-c3nnc(-c4cccc(C)c4)o3)cc2)c1OC. The minimum absolute atomic E-state index is 0.114. The van der Waals surface area contributed by atoms with E-state index in [-0.39, 0.29) is 5.91 Å². The van der Waals surface area contributed by atoms with Crippen LogP contribution in [0.1, 0.15) is 21.5 Å². The third-order valence-electron chi connectivity index (χ3n) is 5.31. The zero-order chi connectivity index (χ0) is 23.4. The molecule has 1 aromatic heterocycles. The summed E-state index contributed by atoms with van der Waals surface area (Å²) in [6.07, 6.45) is 0. The van der Waals surface area contributed by atoms with Crippen molar-refractivity contribution in [2.45, 2.75) is 13.5 Å². The smallest absolute Gasteiger partial charge is 0.253 e. The number of nitrogens with zero attached hydrogens (tertiary/aromatic N) is 3. The van der Waals surface area contributed by atoms with E-state index in [9.17, 15) is 4.79 Å². The van der Waals surface area contributed by atoms with E-state index in [0.29, 0.717) is 35.4 Å². The number of rotatable bonds is 7. The van der Waals surface area contributed by atoms with Crippen LogP contribution >= 0.6 is 0 Å². The molecule has 7 heteroatoms. The second-order valence-corrected chi connectivity index (χ2v) is 7.67. The number of aromatic nitrogens is 2. The number of amides is 1. The average Bonchev–Trinajstić information content (AvgIpc) is 3.34. The Labute approximate surface area is 192 Å². The Morgan fingerprint density at radius 3 is 2.27 bits per heavy atom. The molecule has 33 heavy (non-hydrogen) atoms. The highest BCUT2D eigenvalue weighted by Gasteiger charge is 2.17. The van der Waals surface area contributed by atoms with E-state index in [0.717, 1.165) is 22.3 Å². The molecular weight excluding hydrogens is 418 g/mol. The van der Waals surface area contributed by atoms with Gasteiger partial charge in [0.2, 0.25) is 11.8 Å². The Morgan fingerprint density at radius 1 is 0.909 bits per heavy atom.